The number of hydrogen-bond donors (Lipinski definition) is 0. The molecule has 24 heavy (non-hydrogen) atoms. The average molecular weight is 325 g/mol. The van der Waals surface area contributed by atoms with E-state index >= 15 is 0 Å². The van der Waals surface area contributed by atoms with E-state index in [0.29, 0.717) is 6.54 Å². The summed E-state index contributed by atoms with van der Waals surface area (Å²) >= 11 is 0. The van der Waals surface area contributed by atoms with Crippen LogP contribution in [0, 0.1) is 5.82 Å². The van der Waals surface area contributed by atoms with Crippen molar-refractivity contribution in [2.75, 3.05) is 6.61 Å². The van der Waals surface area contributed by atoms with Gasteiger partial charge in [-0.2, -0.15) is 0 Å². The first kappa shape index (κ1) is 15.9. The summed E-state index contributed by atoms with van der Waals surface area (Å²) < 4.78 is 19.6. The third kappa shape index (κ3) is 3.20. The summed E-state index contributed by atoms with van der Waals surface area (Å²) in [5, 5.41) is 1.69. The van der Waals surface area contributed by atoms with Crippen LogP contribution in [0.15, 0.2) is 59.5 Å². The molecule has 4 nitrogen and oxygen atoms in total. The fourth-order valence-corrected chi connectivity index (χ4v) is 2.59. The number of nitrogens with zero attached hydrogens (tertiary/aromatic N) is 1. The summed E-state index contributed by atoms with van der Waals surface area (Å²) in [5.41, 5.74) is 0.509. The Morgan fingerprint density at radius 1 is 1.12 bits per heavy atom. The zero-order valence-corrected chi connectivity index (χ0v) is 13.2. The van der Waals surface area contributed by atoms with Gasteiger partial charge in [-0.25, -0.2) is 9.18 Å². The third-order valence-corrected chi connectivity index (χ3v) is 3.74. The van der Waals surface area contributed by atoms with Gasteiger partial charge in [0.05, 0.1) is 13.2 Å². The maximum Gasteiger partial charge on any atom is 0.343 e. The minimum Gasteiger partial charge on any atom is -0.462 e. The van der Waals surface area contributed by atoms with E-state index in [1.165, 1.54) is 22.8 Å². The van der Waals surface area contributed by atoms with Crippen molar-refractivity contribution in [1.82, 2.24) is 4.57 Å². The molecular weight excluding hydrogens is 309 g/mol. The van der Waals surface area contributed by atoms with Crippen molar-refractivity contribution in [2.24, 2.45) is 0 Å². The zero-order valence-electron chi connectivity index (χ0n) is 13.2. The van der Waals surface area contributed by atoms with E-state index in [0.717, 1.165) is 16.3 Å². The Kier molecular flexibility index (Phi) is 4.42. The van der Waals surface area contributed by atoms with E-state index in [9.17, 15) is 14.0 Å². The SMILES string of the molecule is CCOC(=O)c1cccn(Cc2ccc3cc(F)ccc3c2)c1=O. The lowest BCUT2D eigenvalue weighted by molar-refractivity contribution is 0.0523. The molecule has 0 unspecified atom stereocenters. The van der Waals surface area contributed by atoms with Crippen LogP contribution in [0.25, 0.3) is 10.8 Å². The number of ether oxygens (including phenoxy) is 1. The number of pyridine rings is 1. The number of carbonyl (C=O) groups is 1. The second-order valence-electron chi connectivity index (χ2n) is 5.40. The second kappa shape index (κ2) is 6.66. The Hall–Kier alpha value is -2.95. The predicted molar refractivity (Wildman–Crippen MR) is 89.7 cm³/mol. The number of esters is 1. The second-order valence-corrected chi connectivity index (χ2v) is 5.40. The summed E-state index contributed by atoms with van der Waals surface area (Å²) in [4.78, 5) is 24.2. The number of rotatable bonds is 4. The molecule has 122 valence electrons. The van der Waals surface area contributed by atoms with E-state index in [-0.39, 0.29) is 18.0 Å². The van der Waals surface area contributed by atoms with Gasteiger partial charge in [0.25, 0.3) is 5.56 Å². The fourth-order valence-electron chi connectivity index (χ4n) is 2.59. The first-order valence-corrected chi connectivity index (χ1v) is 7.63. The standard InChI is InChI=1S/C19H16FNO3/c1-2-24-19(23)17-4-3-9-21(18(17)22)12-13-5-6-15-11-16(20)8-7-14(15)10-13/h3-11H,2,12H2,1H3. The number of aromatic nitrogens is 1. The Balaban J connectivity index is 1.94. The Labute approximate surface area is 138 Å². The van der Waals surface area contributed by atoms with Crippen LogP contribution in [-0.2, 0) is 11.3 Å². The van der Waals surface area contributed by atoms with E-state index in [1.807, 2.05) is 18.2 Å². The molecule has 0 aliphatic carbocycles. The number of halogens is 1. The highest BCUT2D eigenvalue weighted by atomic mass is 19.1. The van der Waals surface area contributed by atoms with Gasteiger partial charge >= 0.3 is 5.97 Å². The predicted octanol–water partition coefficient (Wildman–Crippen LogP) is 3.37. The summed E-state index contributed by atoms with van der Waals surface area (Å²) in [6.07, 6.45) is 1.62. The van der Waals surface area contributed by atoms with Gasteiger partial charge in [-0.15, -0.1) is 0 Å². The fraction of sp³-hybridized carbons (Fsp3) is 0.158. The summed E-state index contributed by atoms with van der Waals surface area (Å²) in [5.74, 6) is -0.903. The lowest BCUT2D eigenvalue weighted by atomic mass is 10.1. The quantitative estimate of drug-likeness (QED) is 0.691. The number of carbonyl (C=O) groups excluding carboxylic acids is 1. The molecule has 1 heterocycles. The molecule has 0 saturated heterocycles. The molecule has 0 bridgehead atoms. The molecule has 0 amide bonds. The average Bonchev–Trinajstić information content (AvgIpc) is 2.57. The van der Waals surface area contributed by atoms with Gasteiger partial charge in [0.1, 0.15) is 11.4 Å². The molecule has 0 spiro atoms. The molecule has 0 fully saturated rings. The molecule has 5 heteroatoms. The molecule has 3 rings (SSSR count). The van der Waals surface area contributed by atoms with Gasteiger partial charge in [0.2, 0.25) is 0 Å². The Morgan fingerprint density at radius 3 is 2.67 bits per heavy atom. The first-order valence-electron chi connectivity index (χ1n) is 7.63. The van der Waals surface area contributed by atoms with Gasteiger partial charge in [-0.1, -0.05) is 18.2 Å². The summed E-state index contributed by atoms with van der Waals surface area (Å²) in [6, 6.07) is 13.2. The van der Waals surface area contributed by atoms with E-state index in [2.05, 4.69) is 0 Å². The van der Waals surface area contributed by atoms with Crippen molar-refractivity contribution in [1.29, 1.82) is 0 Å². The smallest absolute Gasteiger partial charge is 0.343 e. The van der Waals surface area contributed by atoms with Crippen LogP contribution in [0.3, 0.4) is 0 Å². The largest absolute Gasteiger partial charge is 0.462 e. The van der Waals surface area contributed by atoms with Crippen molar-refractivity contribution >= 4 is 16.7 Å². The molecule has 1 aromatic heterocycles. The summed E-state index contributed by atoms with van der Waals surface area (Å²) in [7, 11) is 0. The topological polar surface area (TPSA) is 48.3 Å². The molecule has 2 aromatic carbocycles. The molecule has 0 N–H and O–H groups in total. The van der Waals surface area contributed by atoms with Crippen LogP contribution < -0.4 is 5.56 Å². The third-order valence-electron chi connectivity index (χ3n) is 3.74. The molecule has 0 aliphatic rings. The zero-order chi connectivity index (χ0) is 17.1. The minimum atomic E-state index is -0.620. The highest BCUT2D eigenvalue weighted by molar-refractivity contribution is 5.88. The lowest BCUT2D eigenvalue weighted by Crippen LogP contribution is -2.27. The number of hydrogen-bond acceptors (Lipinski definition) is 3. The van der Waals surface area contributed by atoms with Crippen LogP contribution in [0.4, 0.5) is 4.39 Å². The molecule has 0 radical (unpaired) electrons. The van der Waals surface area contributed by atoms with Gasteiger partial charge in [0, 0.05) is 6.20 Å². The Bertz CT molecular complexity index is 962. The van der Waals surface area contributed by atoms with Crippen molar-refractivity contribution in [3.63, 3.8) is 0 Å². The van der Waals surface area contributed by atoms with Crippen LogP contribution in [0.5, 0.6) is 0 Å². The monoisotopic (exact) mass is 325 g/mol. The van der Waals surface area contributed by atoms with Gasteiger partial charge < -0.3 is 9.30 Å². The molecule has 0 aliphatic heterocycles. The lowest BCUT2D eigenvalue weighted by Gasteiger charge is -2.09. The summed E-state index contributed by atoms with van der Waals surface area (Å²) in [6.45, 7) is 2.23. The van der Waals surface area contributed by atoms with Crippen LogP contribution in [0.2, 0.25) is 0 Å². The van der Waals surface area contributed by atoms with Crippen molar-refractivity contribution < 1.29 is 13.9 Å². The maximum absolute atomic E-state index is 13.2. The molecular formula is C19H16FNO3. The maximum atomic E-state index is 13.2. The minimum absolute atomic E-state index is 0.0159. The van der Waals surface area contributed by atoms with Gasteiger partial charge in [-0.3, -0.25) is 4.79 Å². The highest BCUT2D eigenvalue weighted by Gasteiger charge is 2.13. The van der Waals surface area contributed by atoms with Gasteiger partial charge in [-0.05, 0) is 53.6 Å². The molecule has 0 saturated carbocycles. The van der Waals surface area contributed by atoms with Crippen molar-refractivity contribution in [2.45, 2.75) is 13.5 Å². The van der Waals surface area contributed by atoms with Crippen molar-refractivity contribution in [3.05, 3.63) is 82.0 Å². The van der Waals surface area contributed by atoms with Crippen molar-refractivity contribution in [3.8, 4) is 0 Å². The first-order chi connectivity index (χ1) is 11.6. The van der Waals surface area contributed by atoms with E-state index < -0.39 is 11.5 Å². The highest BCUT2D eigenvalue weighted by Crippen LogP contribution is 2.18. The Morgan fingerprint density at radius 2 is 1.88 bits per heavy atom. The van der Waals surface area contributed by atoms with Crippen LogP contribution >= 0.6 is 0 Å². The molecule has 3 aromatic rings. The normalized spacial score (nSPS) is 10.8. The van der Waals surface area contributed by atoms with Gasteiger partial charge in [0.15, 0.2) is 0 Å². The van der Waals surface area contributed by atoms with Crippen LogP contribution in [-0.4, -0.2) is 17.1 Å². The van der Waals surface area contributed by atoms with E-state index in [1.54, 1.807) is 25.3 Å². The molecule has 0 atom stereocenters. The van der Waals surface area contributed by atoms with E-state index in [4.69, 9.17) is 4.74 Å². The van der Waals surface area contributed by atoms with Crippen LogP contribution in [0.1, 0.15) is 22.8 Å². The number of benzene rings is 2. The number of fused-ring (bicyclic) bond motifs is 1.